The van der Waals surface area contributed by atoms with Gasteiger partial charge < -0.3 is 71.1 Å². The Bertz CT molecular complexity index is 5710. The summed E-state index contributed by atoms with van der Waals surface area (Å²) < 4.78 is 59.0. The molecule has 1 amide bonds. The zero-order valence-corrected chi connectivity index (χ0v) is 75.2. The number of aliphatic hydroxyl groups excluding tert-OH is 4. The lowest BCUT2D eigenvalue weighted by Gasteiger charge is -2.46. The van der Waals surface area contributed by atoms with Crippen LogP contribution >= 0.6 is 91.8 Å². The lowest BCUT2D eigenvalue weighted by molar-refractivity contribution is -0.129. The van der Waals surface area contributed by atoms with E-state index in [1.54, 1.807) is 32.2 Å². The van der Waals surface area contributed by atoms with Crippen molar-refractivity contribution in [2.24, 2.45) is 5.92 Å². The van der Waals surface area contributed by atoms with E-state index >= 15 is 0 Å². The van der Waals surface area contributed by atoms with Gasteiger partial charge in [0.25, 0.3) is 0 Å². The fourth-order valence-corrected chi connectivity index (χ4v) is 25.5. The number of sulfone groups is 1. The summed E-state index contributed by atoms with van der Waals surface area (Å²) in [4.78, 5) is 16.1. The number of aromatic amines is 1. The number of ether oxygens (including phenoxy) is 4. The first-order chi connectivity index (χ1) is 58.3. The van der Waals surface area contributed by atoms with Gasteiger partial charge in [-0.25, -0.2) is 22.5 Å². The maximum absolute atomic E-state index is 12.1. The summed E-state index contributed by atoms with van der Waals surface area (Å²) >= 11 is 31.1. The maximum atomic E-state index is 12.1. The van der Waals surface area contributed by atoms with E-state index in [0.29, 0.717) is 86.2 Å². The number of piperidine rings is 4. The van der Waals surface area contributed by atoms with E-state index in [4.69, 9.17) is 65.4 Å². The molecular formula is C82H99Cl4N19O12S5. The molecule has 11 N–H and O–H groups in total. The highest BCUT2D eigenvalue weighted by Gasteiger charge is 2.54. The second-order valence-electron chi connectivity index (χ2n) is 34.4. The van der Waals surface area contributed by atoms with Crippen molar-refractivity contribution in [2.45, 2.75) is 238 Å². The Morgan fingerprint density at radius 3 is 1.29 bits per heavy atom. The second kappa shape index (κ2) is 35.2. The first-order valence-electron chi connectivity index (χ1n) is 41.1. The van der Waals surface area contributed by atoms with E-state index in [9.17, 15) is 38.7 Å². The third-order valence-electron chi connectivity index (χ3n) is 24.4. The number of nitrogens with zero attached hydrogens (tertiary/aromatic N) is 13. The van der Waals surface area contributed by atoms with Crippen LogP contribution < -0.4 is 26.6 Å². The van der Waals surface area contributed by atoms with Crippen molar-refractivity contribution in [3.63, 3.8) is 0 Å². The van der Waals surface area contributed by atoms with Gasteiger partial charge in [0.15, 0.2) is 9.84 Å². The van der Waals surface area contributed by atoms with Crippen LogP contribution in [-0.4, -0.2) is 179 Å². The number of aromatic nitrogens is 14. The van der Waals surface area contributed by atoms with Gasteiger partial charge in [0.05, 0.1) is 163 Å². The number of nitrogens with one attached hydrogen (secondary N) is 6. The molecular weight excluding hydrogens is 1750 g/mol. The summed E-state index contributed by atoms with van der Waals surface area (Å²) in [5.74, 6) is -0.00724. The van der Waals surface area contributed by atoms with E-state index in [2.05, 4.69) is 112 Å². The molecule has 0 bridgehead atoms. The second-order valence-corrected chi connectivity index (χ2v) is 43.2. The molecule has 4 spiro atoms. The number of amides is 1. The van der Waals surface area contributed by atoms with Gasteiger partial charge in [-0.2, -0.15) is 5.10 Å². The van der Waals surface area contributed by atoms with Crippen molar-refractivity contribution in [3.05, 3.63) is 191 Å². The fourth-order valence-electron chi connectivity index (χ4n) is 18.7. The molecule has 20 rings (SSSR count). The first-order valence-corrected chi connectivity index (χ1v) is 47.8. The lowest BCUT2D eigenvalue weighted by atomic mass is 9.79. The van der Waals surface area contributed by atoms with Crippen molar-refractivity contribution in [2.75, 3.05) is 39.2 Å². The van der Waals surface area contributed by atoms with Crippen molar-refractivity contribution >= 4 is 118 Å². The van der Waals surface area contributed by atoms with Crippen LogP contribution in [-0.2, 0) is 82.2 Å². The monoisotopic (exact) mass is 1840 g/mol. The van der Waals surface area contributed by atoms with E-state index in [0.717, 1.165) is 120 Å². The lowest BCUT2D eigenvalue weighted by Crippen LogP contribution is -2.50. The molecule has 17 heterocycles. The summed E-state index contributed by atoms with van der Waals surface area (Å²) in [5, 5.41) is 112. The number of H-pyrrole nitrogens is 1. The highest BCUT2D eigenvalue weighted by molar-refractivity contribution is 7.90. The smallest absolute Gasteiger partial charge is 0.222 e. The fraction of sp³-hybridized carbons (Fsp3) is 0.537. The molecule has 16 atom stereocenters. The molecule has 5 fully saturated rings. The number of para-hydroxylation sites is 1. The number of carbonyl (C=O) groups is 1. The predicted molar refractivity (Wildman–Crippen MR) is 462 cm³/mol. The third-order valence-corrected chi connectivity index (χ3v) is 31.4. The van der Waals surface area contributed by atoms with E-state index in [1.165, 1.54) is 51.6 Å². The van der Waals surface area contributed by atoms with Gasteiger partial charge in [-0.15, -0.1) is 65.7 Å². The molecule has 652 valence electrons. The van der Waals surface area contributed by atoms with Gasteiger partial charge in [0.1, 0.15) is 46.8 Å². The number of hydrogen-bond acceptors (Lipinski definition) is 29. The van der Waals surface area contributed by atoms with Gasteiger partial charge >= 0.3 is 0 Å². The number of rotatable bonds is 15. The number of hydrogen-bond donors (Lipinski definition) is 11. The summed E-state index contributed by atoms with van der Waals surface area (Å²) in [6, 6.07) is 23.0. The Balaban J connectivity index is 0.000000116. The highest BCUT2D eigenvalue weighted by atomic mass is 35.5. The Morgan fingerprint density at radius 2 is 0.885 bits per heavy atom. The van der Waals surface area contributed by atoms with Gasteiger partial charge in [0, 0.05) is 116 Å². The van der Waals surface area contributed by atoms with E-state index < -0.39 is 62.3 Å². The summed E-state index contributed by atoms with van der Waals surface area (Å²) in [7, 11) is -3.34. The van der Waals surface area contributed by atoms with Crippen molar-refractivity contribution in [1.29, 1.82) is 0 Å². The molecule has 0 radical (unpaired) electrons. The van der Waals surface area contributed by atoms with Gasteiger partial charge in [-0.05, 0) is 108 Å². The van der Waals surface area contributed by atoms with Crippen molar-refractivity contribution < 1.29 is 57.7 Å². The molecule has 31 nitrogen and oxygen atoms in total. The Hall–Kier alpha value is -6.67. The van der Waals surface area contributed by atoms with E-state index in [1.807, 2.05) is 91.8 Å². The van der Waals surface area contributed by atoms with Gasteiger partial charge in [-0.3, -0.25) is 14.6 Å². The number of carbonyl (C=O) groups excluding carboxylic acids is 1. The molecule has 9 aliphatic rings. The zero-order chi connectivity index (χ0) is 85.5. The minimum absolute atomic E-state index is 0.0136. The molecule has 0 unspecified atom stereocenters. The standard InChI is InChI=1S/C22H23ClN6O2S.C22H25ClN4O4S2.C20H28ClN5O3S.C18H23ClN4O3S/c1-12-7-22(21-14(6-20(23)32-21)19(30)11-31-22)8-16(24-12)18-10-29(28-27-18)9-17-13-4-2-3-5-15(13)25-26-17;1-13-8-22(21-15(7-20(23)32-21)18(28)12-31-22)9-16(24-13)17-11-27(26-25-17)10-14-5-3-4-6-19(14)33(2,29)30;1-11(2)19(28)22-4-5-26-9-15(24-25-26)14-8-20(7-12(3)23-14)18-13(6-17(21)30-18)16(27)10-29-20;1-10-5-18(16-11(4-15(19)27-16)14(24)8-26-18)6-12(20-10)13-7-23(22-21-13)9-17(25)2-3-17/h2-6,10,12,16,19,24,30H,7-9,11H2,1H3,(H,25,26);3-7,11,13,16,18,24,28H,8-10,12H2,1-2H3;6,9,11-12,14,16,23,27H,4-5,7-8,10H2,1-3H3,(H,22,28);4,7,10,12,14,20,24-25H,2-3,5-6,8-9H2,1H3/t12-,16-,19+,22-;13-,16-,18+,22-;12-,14-,16+,20-;10-,12-,14+,18-/m0000/s1. The van der Waals surface area contributed by atoms with Crippen LogP contribution in [0.25, 0.3) is 10.9 Å². The van der Waals surface area contributed by atoms with Crippen LogP contribution in [0.2, 0.25) is 17.3 Å². The zero-order valence-electron chi connectivity index (χ0n) is 68.1. The van der Waals surface area contributed by atoms with Crippen LogP contribution in [0, 0.1) is 5.92 Å². The normalized spacial score (nSPS) is 29.5. The van der Waals surface area contributed by atoms with Crippen LogP contribution in [0.3, 0.4) is 0 Å². The molecule has 4 saturated heterocycles. The first kappa shape index (κ1) is 87.4. The number of aliphatic hydroxyl groups is 5. The van der Waals surface area contributed by atoms with Gasteiger partial charge in [-0.1, -0.05) is 118 Å². The average Bonchev–Trinajstić information content (AvgIpc) is 1.62. The summed E-state index contributed by atoms with van der Waals surface area (Å²) in [6.07, 6.45) is 13.9. The summed E-state index contributed by atoms with van der Waals surface area (Å²) in [5.41, 5.74) is 6.86. The minimum atomic E-state index is -3.34. The van der Waals surface area contributed by atoms with Crippen LogP contribution in [0.5, 0.6) is 0 Å². The van der Waals surface area contributed by atoms with Gasteiger partial charge in [0.2, 0.25) is 5.91 Å². The third kappa shape index (κ3) is 18.5. The maximum Gasteiger partial charge on any atom is 0.222 e. The Labute approximate surface area is 740 Å². The molecule has 9 aromatic heterocycles. The number of thiophene rings is 4. The van der Waals surface area contributed by atoms with Crippen molar-refractivity contribution in [1.82, 2.24) is 96.8 Å². The SMILES string of the molecule is CC(C)C(=O)NCCn1cc([C@@H]2C[C@]3(C[C@H](C)N2)OC[C@@H](O)c2cc(Cl)sc23)nn1.C[C@H]1C[C@@]2(C[C@@H](c3cn(CC4(O)CC4)nn3)N1)OC[C@@H](O)c1cc(Cl)sc12.C[C@H]1C[C@@]2(C[C@@H](c3cn(Cc4[nH]nc5ccccc45)nn3)N1)OC[C@@H](O)c1cc(Cl)sc12.C[C@H]1C[C@@]2(C[C@@H](c3cn(Cc4ccccc4S(C)(=O)=O)nn3)N1)OC[C@@H](O)c1cc(Cl)sc12. The molecule has 11 aromatic rings. The largest absolute Gasteiger partial charge is 0.388 e. The number of benzene rings is 2. The molecule has 2 aromatic carbocycles. The van der Waals surface area contributed by atoms with Crippen molar-refractivity contribution in [3.8, 4) is 0 Å². The Morgan fingerprint density at radius 1 is 0.525 bits per heavy atom. The molecule has 1 aliphatic carbocycles. The molecule has 8 aliphatic heterocycles. The quantitative estimate of drug-likeness (QED) is 0.0454. The van der Waals surface area contributed by atoms with Crippen LogP contribution in [0.1, 0.15) is 230 Å². The summed E-state index contributed by atoms with van der Waals surface area (Å²) in [6.45, 7) is 15.7. The molecule has 1 saturated carbocycles. The predicted octanol–water partition coefficient (Wildman–Crippen LogP) is 11.7. The van der Waals surface area contributed by atoms with Crippen LogP contribution in [0.4, 0.5) is 0 Å². The highest BCUT2D eigenvalue weighted by Crippen LogP contribution is 2.57. The van der Waals surface area contributed by atoms with E-state index in [-0.39, 0.29) is 86.6 Å². The Kier molecular flexibility index (Phi) is 25.2. The number of fused-ring (bicyclic) bond motifs is 9. The topological polar surface area (TPSA) is 401 Å². The minimum Gasteiger partial charge on any atom is -0.388 e. The van der Waals surface area contributed by atoms with Crippen LogP contribution in [0.15, 0.2) is 102 Å². The molecule has 40 heteroatoms. The molecule has 122 heavy (non-hydrogen) atoms. The average molecular weight is 1840 g/mol. The number of halogens is 4.